The zero-order chi connectivity index (χ0) is 12.6. The van der Waals surface area contributed by atoms with Crippen molar-refractivity contribution in [3.63, 3.8) is 0 Å². The molecule has 0 aliphatic carbocycles. The van der Waals surface area contributed by atoms with Gasteiger partial charge in [0.05, 0.1) is 5.69 Å². The van der Waals surface area contributed by atoms with Crippen LogP contribution in [0.5, 0.6) is 0 Å². The summed E-state index contributed by atoms with van der Waals surface area (Å²) in [6, 6.07) is 2.28. The van der Waals surface area contributed by atoms with Gasteiger partial charge in [-0.1, -0.05) is 0 Å². The van der Waals surface area contributed by atoms with Gasteiger partial charge in [-0.15, -0.1) is 5.10 Å². The molecule has 1 aromatic rings. The lowest BCUT2D eigenvalue weighted by molar-refractivity contribution is 0.512. The third-order valence-corrected chi connectivity index (χ3v) is 3.70. The topological polar surface area (TPSA) is 52.8 Å². The van der Waals surface area contributed by atoms with Crippen molar-refractivity contribution >= 4 is 5.82 Å². The molecule has 1 aromatic heterocycles. The lowest BCUT2D eigenvalue weighted by atomic mass is 10.0. The van der Waals surface area contributed by atoms with Gasteiger partial charge in [0.15, 0.2) is 5.82 Å². The summed E-state index contributed by atoms with van der Waals surface area (Å²) in [6.07, 6.45) is 2.28. The van der Waals surface area contributed by atoms with Crippen LogP contribution in [0.3, 0.4) is 0 Å². The van der Waals surface area contributed by atoms with Crippen molar-refractivity contribution in [3.8, 4) is 6.07 Å². The molecular formula is C13H18N4. The number of hydrogen-bond donors (Lipinski definition) is 0. The minimum atomic E-state index is 0.0714. The molecular weight excluding hydrogens is 212 g/mol. The molecule has 4 heteroatoms. The Kier molecular flexibility index (Phi) is 2.78. The number of nitrogens with zero attached hydrogens (tertiary/aromatic N) is 4. The highest BCUT2D eigenvalue weighted by Crippen LogP contribution is 2.34. The quantitative estimate of drug-likeness (QED) is 0.743. The van der Waals surface area contributed by atoms with Gasteiger partial charge in [-0.25, -0.2) is 0 Å². The van der Waals surface area contributed by atoms with Crippen molar-refractivity contribution in [1.29, 1.82) is 5.26 Å². The van der Waals surface area contributed by atoms with Crippen LogP contribution in [-0.2, 0) is 0 Å². The number of hydrogen-bond acceptors (Lipinski definition) is 4. The van der Waals surface area contributed by atoms with Crippen molar-refractivity contribution in [2.45, 2.75) is 46.1 Å². The van der Waals surface area contributed by atoms with E-state index >= 15 is 0 Å². The van der Waals surface area contributed by atoms with Crippen LogP contribution in [0.4, 0.5) is 5.82 Å². The van der Waals surface area contributed by atoms with Gasteiger partial charge in [0.2, 0.25) is 0 Å². The standard InChI is InChI=1S/C13H18N4/c1-9-10(2)15-16-12(11(9)8-14)17-7-5-6-13(17,3)4/h5-7H2,1-4H3. The Morgan fingerprint density at radius 2 is 2.00 bits per heavy atom. The van der Waals surface area contributed by atoms with E-state index in [1.807, 2.05) is 13.8 Å². The van der Waals surface area contributed by atoms with E-state index in [2.05, 4.69) is 35.0 Å². The molecule has 2 rings (SSSR count). The molecule has 1 aliphatic heterocycles. The summed E-state index contributed by atoms with van der Waals surface area (Å²) in [5.41, 5.74) is 2.53. The second-order valence-electron chi connectivity index (χ2n) is 5.29. The molecule has 1 fully saturated rings. The van der Waals surface area contributed by atoms with Crippen molar-refractivity contribution in [2.75, 3.05) is 11.4 Å². The van der Waals surface area contributed by atoms with Gasteiger partial charge in [0, 0.05) is 12.1 Å². The van der Waals surface area contributed by atoms with E-state index in [0.717, 1.165) is 36.5 Å². The van der Waals surface area contributed by atoms with E-state index in [0.29, 0.717) is 5.56 Å². The van der Waals surface area contributed by atoms with Crippen molar-refractivity contribution in [2.24, 2.45) is 0 Å². The highest BCUT2D eigenvalue weighted by molar-refractivity contribution is 5.59. The Morgan fingerprint density at radius 1 is 1.29 bits per heavy atom. The minimum Gasteiger partial charge on any atom is -0.349 e. The fraction of sp³-hybridized carbons (Fsp3) is 0.615. The molecule has 0 atom stereocenters. The molecule has 0 unspecified atom stereocenters. The molecule has 2 heterocycles. The van der Waals surface area contributed by atoms with E-state index in [1.165, 1.54) is 0 Å². The van der Waals surface area contributed by atoms with E-state index in [9.17, 15) is 5.26 Å². The lowest BCUT2D eigenvalue weighted by Crippen LogP contribution is -2.39. The molecule has 0 spiro atoms. The molecule has 0 saturated carbocycles. The van der Waals surface area contributed by atoms with E-state index < -0.39 is 0 Å². The summed E-state index contributed by atoms with van der Waals surface area (Å²) >= 11 is 0. The highest BCUT2D eigenvalue weighted by atomic mass is 15.3. The average Bonchev–Trinajstić information content (AvgIpc) is 2.62. The third-order valence-electron chi connectivity index (χ3n) is 3.70. The highest BCUT2D eigenvalue weighted by Gasteiger charge is 2.34. The van der Waals surface area contributed by atoms with Crippen molar-refractivity contribution in [1.82, 2.24) is 10.2 Å². The van der Waals surface area contributed by atoms with Gasteiger partial charge >= 0.3 is 0 Å². The Hall–Kier alpha value is -1.63. The van der Waals surface area contributed by atoms with E-state index in [4.69, 9.17) is 0 Å². The molecule has 1 aliphatic rings. The van der Waals surface area contributed by atoms with Gasteiger partial charge in [0.1, 0.15) is 11.6 Å². The van der Waals surface area contributed by atoms with Gasteiger partial charge in [-0.3, -0.25) is 0 Å². The Morgan fingerprint density at radius 3 is 2.53 bits per heavy atom. The molecule has 0 radical (unpaired) electrons. The monoisotopic (exact) mass is 230 g/mol. The smallest absolute Gasteiger partial charge is 0.169 e. The zero-order valence-electron chi connectivity index (χ0n) is 10.9. The van der Waals surface area contributed by atoms with Crippen LogP contribution in [0.2, 0.25) is 0 Å². The van der Waals surface area contributed by atoms with E-state index in [-0.39, 0.29) is 5.54 Å². The predicted molar refractivity (Wildman–Crippen MR) is 66.9 cm³/mol. The number of anilines is 1. The summed E-state index contributed by atoms with van der Waals surface area (Å²) in [7, 11) is 0. The Bertz CT molecular complexity index is 485. The maximum absolute atomic E-state index is 9.31. The maximum atomic E-state index is 9.31. The summed E-state index contributed by atoms with van der Waals surface area (Å²) in [5.74, 6) is 0.748. The van der Waals surface area contributed by atoms with Gasteiger partial charge < -0.3 is 4.90 Å². The molecule has 17 heavy (non-hydrogen) atoms. The number of aromatic nitrogens is 2. The van der Waals surface area contributed by atoms with Crippen LogP contribution in [0.25, 0.3) is 0 Å². The Balaban J connectivity index is 2.54. The molecule has 1 saturated heterocycles. The lowest BCUT2D eigenvalue weighted by Gasteiger charge is -2.33. The normalized spacial score (nSPS) is 18.2. The molecule has 0 N–H and O–H groups in total. The fourth-order valence-electron chi connectivity index (χ4n) is 2.42. The second kappa shape index (κ2) is 3.99. The van der Waals surface area contributed by atoms with Crippen LogP contribution in [-0.4, -0.2) is 22.3 Å². The largest absolute Gasteiger partial charge is 0.349 e. The summed E-state index contributed by atoms with van der Waals surface area (Å²) in [4.78, 5) is 2.21. The van der Waals surface area contributed by atoms with Crippen LogP contribution >= 0.6 is 0 Å². The van der Waals surface area contributed by atoms with Gasteiger partial charge in [0.25, 0.3) is 0 Å². The van der Waals surface area contributed by atoms with E-state index in [1.54, 1.807) is 0 Å². The van der Waals surface area contributed by atoms with Crippen molar-refractivity contribution < 1.29 is 0 Å². The number of nitriles is 1. The second-order valence-corrected chi connectivity index (χ2v) is 5.29. The van der Waals surface area contributed by atoms with Gasteiger partial charge in [-0.2, -0.15) is 10.4 Å². The average molecular weight is 230 g/mol. The van der Waals surface area contributed by atoms with Crippen LogP contribution in [0.1, 0.15) is 43.5 Å². The van der Waals surface area contributed by atoms with Crippen LogP contribution < -0.4 is 4.90 Å². The molecule has 0 aromatic carbocycles. The summed E-state index contributed by atoms with van der Waals surface area (Å²) in [6.45, 7) is 9.17. The first-order valence-electron chi connectivity index (χ1n) is 5.99. The first kappa shape index (κ1) is 11.8. The minimum absolute atomic E-state index is 0.0714. The fourth-order valence-corrected chi connectivity index (χ4v) is 2.42. The molecule has 4 nitrogen and oxygen atoms in total. The third kappa shape index (κ3) is 1.86. The zero-order valence-corrected chi connectivity index (χ0v) is 10.9. The molecule has 0 bridgehead atoms. The number of aryl methyl sites for hydroxylation is 1. The molecule has 90 valence electrons. The number of rotatable bonds is 1. The van der Waals surface area contributed by atoms with Crippen LogP contribution in [0.15, 0.2) is 0 Å². The first-order valence-corrected chi connectivity index (χ1v) is 5.99. The predicted octanol–water partition coefficient (Wildman–Crippen LogP) is 2.34. The molecule has 0 amide bonds. The maximum Gasteiger partial charge on any atom is 0.169 e. The SMILES string of the molecule is Cc1nnc(N2CCCC2(C)C)c(C#N)c1C. The first-order chi connectivity index (χ1) is 7.97. The van der Waals surface area contributed by atoms with Gasteiger partial charge in [-0.05, 0) is 46.1 Å². The summed E-state index contributed by atoms with van der Waals surface area (Å²) in [5, 5.41) is 17.7. The Labute approximate surface area is 102 Å². The van der Waals surface area contributed by atoms with Crippen LogP contribution in [0, 0.1) is 25.2 Å². The summed E-state index contributed by atoms with van der Waals surface area (Å²) < 4.78 is 0. The van der Waals surface area contributed by atoms with Crippen molar-refractivity contribution in [3.05, 3.63) is 16.8 Å².